The van der Waals surface area contributed by atoms with Crippen molar-refractivity contribution in [1.29, 1.82) is 0 Å². The zero-order valence-electron chi connectivity index (χ0n) is 9.96. The number of pyridine rings is 1. The number of nitrogens with two attached hydrogens (primary N) is 1. The first-order valence-electron chi connectivity index (χ1n) is 5.61. The molecule has 0 aliphatic carbocycles. The Labute approximate surface area is 103 Å². The molecule has 0 radical (unpaired) electrons. The predicted molar refractivity (Wildman–Crippen MR) is 64.4 cm³/mol. The summed E-state index contributed by atoms with van der Waals surface area (Å²) in [5.74, 6) is 0.554. The Bertz CT molecular complexity index is 480. The molecule has 1 aliphatic rings. The maximum atomic E-state index is 12.5. The zero-order chi connectivity index (χ0) is 13.3. The van der Waals surface area contributed by atoms with E-state index in [0.29, 0.717) is 11.5 Å². The fourth-order valence-electron chi connectivity index (χ4n) is 1.97. The maximum Gasteiger partial charge on any atom is 0.412 e. The van der Waals surface area contributed by atoms with Gasteiger partial charge in [0.05, 0.1) is 5.69 Å². The van der Waals surface area contributed by atoms with Gasteiger partial charge in [0, 0.05) is 24.9 Å². The fraction of sp³-hybridized carbons (Fsp3) is 0.417. The largest absolute Gasteiger partial charge is 0.412 e. The van der Waals surface area contributed by atoms with Crippen LogP contribution >= 0.6 is 0 Å². The lowest BCUT2D eigenvalue weighted by atomic mass is 10.1. The molecule has 0 atom stereocenters. The standard InChI is InChI=1S/C12H14F3N3/c1-8-6-10(16)11(17-7-8)18-4-2-9(3-5-18)12(13,14)15/h2,6-7H,3-5,16H2,1H3. The molecule has 2 heterocycles. The minimum Gasteiger partial charge on any atom is -0.396 e. The summed E-state index contributed by atoms with van der Waals surface area (Å²) in [5.41, 5.74) is 6.79. The summed E-state index contributed by atoms with van der Waals surface area (Å²) in [6.45, 7) is 2.34. The van der Waals surface area contributed by atoms with Gasteiger partial charge in [-0.1, -0.05) is 6.08 Å². The van der Waals surface area contributed by atoms with Gasteiger partial charge in [-0.25, -0.2) is 4.98 Å². The van der Waals surface area contributed by atoms with Crippen molar-refractivity contribution < 1.29 is 13.2 Å². The lowest BCUT2D eigenvalue weighted by molar-refractivity contribution is -0.0944. The maximum absolute atomic E-state index is 12.5. The Hall–Kier alpha value is -1.72. The summed E-state index contributed by atoms with van der Waals surface area (Å²) < 4.78 is 37.4. The Balaban J connectivity index is 2.17. The molecule has 0 fully saturated rings. The van der Waals surface area contributed by atoms with Gasteiger partial charge in [-0.3, -0.25) is 0 Å². The highest BCUT2D eigenvalue weighted by Gasteiger charge is 2.35. The number of rotatable bonds is 1. The molecule has 1 aromatic heterocycles. The average molecular weight is 257 g/mol. The molecule has 1 aliphatic heterocycles. The Morgan fingerprint density at radius 3 is 2.61 bits per heavy atom. The summed E-state index contributed by atoms with van der Waals surface area (Å²) in [6, 6.07) is 1.77. The van der Waals surface area contributed by atoms with Crippen molar-refractivity contribution in [2.45, 2.75) is 19.5 Å². The third-order valence-corrected chi connectivity index (χ3v) is 2.90. The van der Waals surface area contributed by atoms with Gasteiger partial charge in [0.15, 0.2) is 5.82 Å². The third-order valence-electron chi connectivity index (χ3n) is 2.90. The number of hydrogen-bond donors (Lipinski definition) is 1. The van der Waals surface area contributed by atoms with Gasteiger partial charge in [-0.2, -0.15) is 13.2 Å². The average Bonchev–Trinajstić information content (AvgIpc) is 2.28. The first-order chi connectivity index (χ1) is 8.38. The van der Waals surface area contributed by atoms with Gasteiger partial charge < -0.3 is 10.6 Å². The molecule has 2 N–H and O–H groups in total. The lowest BCUT2D eigenvalue weighted by Crippen LogP contribution is -2.33. The van der Waals surface area contributed by atoms with Crippen LogP contribution in [0.3, 0.4) is 0 Å². The van der Waals surface area contributed by atoms with Gasteiger partial charge >= 0.3 is 6.18 Å². The number of nitrogens with zero attached hydrogens (tertiary/aromatic N) is 2. The second-order valence-electron chi connectivity index (χ2n) is 4.35. The minimum atomic E-state index is -4.22. The van der Waals surface area contributed by atoms with Gasteiger partial charge in [0.25, 0.3) is 0 Å². The Morgan fingerprint density at radius 2 is 2.11 bits per heavy atom. The highest BCUT2D eigenvalue weighted by molar-refractivity contribution is 5.64. The normalized spacial score (nSPS) is 16.7. The van der Waals surface area contributed by atoms with Crippen LogP contribution in [0.25, 0.3) is 0 Å². The molecule has 0 amide bonds. The van der Waals surface area contributed by atoms with Crippen LogP contribution in [0.1, 0.15) is 12.0 Å². The van der Waals surface area contributed by atoms with Crippen LogP contribution in [-0.2, 0) is 0 Å². The molecule has 2 rings (SSSR count). The topological polar surface area (TPSA) is 42.2 Å². The molecule has 0 unspecified atom stereocenters. The van der Waals surface area contributed by atoms with E-state index in [4.69, 9.17) is 5.73 Å². The van der Waals surface area contributed by atoms with Crippen molar-refractivity contribution in [2.75, 3.05) is 23.7 Å². The molecule has 98 valence electrons. The van der Waals surface area contributed by atoms with E-state index in [-0.39, 0.29) is 19.5 Å². The number of alkyl halides is 3. The van der Waals surface area contributed by atoms with Crippen LogP contribution in [-0.4, -0.2) is 24.2 Å². The molecule has 0 spiro atoms. The van der Waals surface area contributed by atoms with E-state index in [2.05, 4.69) is 4.98 Å². The zero-order valence-corrected chi connectivity index (χ0v) is 9.96. The SMILES string of the molecule is Cc1cnc(N2CC=C(C(F)(F)F)CC2)c(N)c1. The van der Waals surface area contributed by atoms with E-state index in [1.165, 1.54) is 6.08 Å². The van der Waals surface area contributed by atoms with E-state index in [9.17, 15) is 13.2 Å². The minimum absolute atomic E-state index is 0.0293. The molecular formula is C12H14F3N3. The highest BCUT2D eigenvalue weighted by atomic mass is 19.4. The quantitative estimate of drug-likeness (QED) is 0.786. The lowest BCUT2D eigenvalue weighted by Gasteiger charge is -2.29. The summed E-state index contributed by atoms with van der Waals surface area (Å²) in [6.07, 6.45) is -1.39. The number of aryl methyl sites for hydroxylation is 1. The summed E-state index contributed by atoms with van der Waals surface area (Å²) in [5, 5.41) is 0. The molecule has 18 heavy (non-hydrogen) atoms. The van der Waals surface area contributed by atoms with Crippen molar-refractivity contribution in [3.8, 4) is 0 Å². The molecule has 0 aromatic carbocycles. The van der Waals surface area contributed by atoms with Gasteiger partial charge in [0.1, 0.15) is 0 Å². The second-order valence-corrected chi connectivity index (χ2v) is 4.35. The molecule has 1 aromatic rings. The van der Waals surface area contributed by atoms with Crippen LogP contribution in [0.15, 0.2) is 23.9 Å². The fourth-order valence-corrected chi connectivity index (χ4v) is 1.97. The van der Waals surface area contributed by atoms with Crippen molar-refractivity contribution in [1.82, 2.24) is 4.98 Å². The van der Waals surface area contributed by atoms with Crippen molar-refractivity contribution >= 4 is 11.5 Å². The van der Waals surface area contributed by atoms with Crippen LogP contribution in [0.4, 0.5) is 24.7 Å². The third kappa shape index (κ3) is 2.57. The Morgan fingerprint density at radius 1 is 1.39 bits per heavy atom. The summed E-state index contributed by atoms with van der Waals surface area (Å²) >= 11 is 0. The van der Waals surface area contributed by atoms with Gasteiger partial charge in [-0.05, 0) is 25.0 Å². The molecular weight excluding hydrogens is 243 g/mol. The van der Waals surface area contributed by atoms with Crippen molar-refractivity contribution in [3.63, 3.8) is 0 Å². The molecule has 6 heteroatoms. The van der Waals surface area contributed by atoms with E-state index in [1.807, 2.05) is 6.92 Å². The van der Waals surface area contributed by atoms with E-state index >= 15 is 0 Å². The molecule has 0 saturated heterocycles. The van der Waals surface area contributed by atoms with E-state index < -0.39 is 11.7 Å². The second kappa shape index (κ2) is 4.51. The van der Waals surface area contributed by atoms with Gasteiger partial charge in [0.2, 0.25) is 0 Å². The first-order valence-corrected chi connectivity index (χ1v) is 5.61. The molecule has 3 nitrogen and oxygen atoms in total. The first kappa shape index (κ1) is 12.7. The van der Waals surface area contributed by atoms with E-state index in [1.54, 1.807) is 17.2 Å². The van der Waals surface area contributed by atoms with Crippen LogP contribution in [0.2, 0.25) is 0 Å². The summed E-state index contributed by atoms with van der Waals surface area (Å²) in [4.78, 5) is 5.93. The monoisotopic (exact) mass is 257 g/mol. The Kier molecular flexibility index (Phi) is 3.19. The van der Waals surface area contributed by atoms with Crippen LogP contribution < -0.4 is 10.6 Å². The molecule has 0 saturated carbocycles. The highest BCUT2D eigenvalue weighted by Crippen LogP contribution is 2.32. The van der Waals surface area contributed by atoms with Crippen molar-refractivity contribution in [3.05, 3.63) is 29.5 Å². The predicted octanol–water partition coefficient (Wildman–Crippen LogP) is 2.67. The summed E-state index contributed by atoms with van der Waals surface area (Å²) in [7, 11) is 0. The number of aromatic nitrogens is 1. The number of nitrogen functional groups attached to an aromatic ring is 1. The molecule has 0 bridgehead atoms. The smallest absolute Gasteiger partial charge is 0.396 e. The van der Waals surface area contributed by atoms with Crippen LogP contribution in [0, 0.1) is 6.92 Å². The number of hydrogen-bond acceptors (Lipinski definition) is 3. The van der Waals surface area contributed by atoms with Crippen LogP contribution in [0.5, 0.6) is 0 Å². The van der Waals surface area contributed by atoms with Crippen molar-refractivity contribution in [2.24, 2.45) is 0 Å². The number of anilines is 2. The van der Waals surface area contributed by atoms with E-state index in [0.717, 1.165) is 5.56 Å². The van der Waals surface area contributed by atoms with Gasteiger partial charge in [-0.15, -0.1) is 0 Å². The number of halogens is 3.